The molecule has 0 bridgehead atoms. The van der Waals surface area contributed by atoms with Crippen LogP contribution in [-0.4, -0.2) is 0 Å². The number of hydrogen-bond acceptors (Lipinski definition) is 0. The first-order valence-corrected chi connectivity index (χ1v) is 8.88. The molecule has 0 fully saturated rings. The van der Waals surface area contributed by atoms with Crippen LogP contribution >= 0.6 is 0 Å². The van der Waals surface area contributed by atoms with Crippen LogP contribution in [-0.2, 0) is 38.7 Å². The van der Waals surface area contributed by atoms with Gasteiger partial charge in [-0.1, -0.05) is 51.2 Å². The molecule has 166 valence electrons. The van der Waals surface area contributed by atoms with Crippen LogP contribution in [0.3, 0.4) is 0 Å². The number of benzene rings is 1. The smallest absolute Gasteiger partial charge is 0 e. The average molecular weight is 558 g/mol. The summed E-state index contributed by atoms with van der Waals surface area (Å²) in [5.41, 5.74) is 5.16. The molecule has 4 rings (SSSR count). The zero-order chi connectivity index (χ0) is 16.4. The molecule has 3 aromatic carbocycles. The van der Waals surface area contributed by atoms with Gasteiger partial charge in [0.05, 0.1) is 0 Å². The van der Waals surface area contributed by atoms with E-state index in [2.05, 4.69) is 52.0 Å². The van der Waals surface area contributed by atoms with Gasteiger partial charge in [0.1, 0.15) is 0 Å². The molecular formula is C28H43Hf-7. The predicted octanol–water partition coefficient (Wildman–Crippen LogP) is 8.85. The van der Waals surface area contributed by atoms with Crippen LogP contribution in [0.1, 0.15) is 56.7 Å². The maximum Gasteiger partial charge on any atom is 0 e. The van der Waals surface area contributed by atoms with Gasteiger partial charge in [-0.25, -0.2) is 12.1 Å². The molecule has 0 N–H and O–H groups in total. The van der Waals surface area contributed by atoms with Crippen LogP contribution < -0.4 is 0 Å². The summed E-state index contributed by atoms with van der Waals surface area (Å²) < 4.78 is 0. The summed E-state index contributed by atoms with van der Waals surface area (Å²) >= 11 is 0. The van der Waals surface area contributed by atoms with Gasteiger partial charge in [0.25, 0.3) is 0 Å². The Labute approximate surface area is 202 Å². The van der Waals surface area contributed by atoms with Crippen LogP contribution in [0.4, 0.5) is 0 Å². The molecule has 0 heterocycles. The van der Waals surface area contributed by atoms with Crippen molar-refractivity contribution in [3.8, 4) is 0 Å². The van der Waals surface area contributed by atoms with Crippen LogP contribution in [0.2, 0.25) is 0 Å². The molecule has 0 saturated carbocycles. The normalized spacial score (nSPS) is 13.2. The van der Waals surface area contributed by atoms with Gasteiger partial charge in [0, 0.05) is 25.8 Å². The van der Waals surface area contributed by atoms with Gasteiger partial charge in [-0.15, -0.1) is 34.5 Å². The molecule has 29 heavy (non-hydrogen) atoms. The van der Waals surface area contributed by atoms with Gasteiger partial charge in [0.15, 0.2) is 0 Å². The van der Waals surface area contributed by atoms with Crippen molar-refractivity contribution in [2.45, 2.75) is 52.9 Å². The number of hydrogen-bond donors (Lipinski definition) is 0. The fraction of sp³-hybridized carbons (Fsp3) is 0.321. The zero-order valence-corrected chi connectivity index (χ0v) is 24.0. The van der Waals surface area contributed by atoms with Gasteiger partial charge in [-0.3, -0.25) is 0 Å². The Balaban J connectivity index is -0.000000253. The molecule has 0 radical (unpaired) electrons. The fourth-order valence-corrected chi connectivity index (χ4v) is 3.76. The molecule has 0 saturated heterocycles. The van der Waals surface area contributed by atoms with Crippen molar-refractivity contribution >= 4 is 10.8 Å². The van der Waals surface area contributed by atoms with E-state index in [0.717, 1.165) is 0 Å². The Morgan fingerprint density at radius 2 is 1.48 bits per heavy atom. The van der Waals surface area contributed by atoms with E-state index in [0.29, 0.717) is 11.3 Å². The minimum atomic E-state index is 0. The minimum Gasteiger partial charge on any atom is -0.358 e. The topological polar surface area (TPSA) is 0 Å². The Morgan fingerprint density at radius 3 is 1.93 bits per heavy atom. The fourth-order valence-electron chi connectivity index (χ4n) is 3.76. The molecular weight excluding hydrogens is 515 g/mol. The predicted molar refractivity (Wildman–Crippen MR) is 134 cm³/mol. The van der Waals surface area contributed by atoms with Gasteiger partial charge < -0.3 is 37.1 Å². The van der Waals surface area contributed by atoms with Crippen LogP contribution in [0.25, 0.3) is 10.8 Å². The third kappa shape index (κ3) is 8.36. The van der Waals surface area contributed by atoms with Crippen LogP contribution in [0.15, 0.2) is 54.6 Å². The molecule has 3 aromatic rings. The summed E-state index contributed by atoms with van der Waals surface area (Å²) in [4.78, 5) is 0. The molecule has 1 aliphatic rings. The van der Waals surface area contributed by atoms with Crippen molar-refractivity contribution in [1.29, 1.82) is 0 Å². The first kappa shape index (κ1) is 35.5. The standard InChI is InChI=1S/C18H23.C5H5.5CH3.Hf/c1-5-12(2)16-7-6-13-8-14-10-18(3,4)11-15(14)9-17(13)16;1-2-4-5-3-1;;;;;;/h6-9,12H,5,10-11H2,1-4H3;1-5H;5*1H3;/q7*-1;. The summed E-state index contributed by atoms with van der Waals surface area (Å²) in [6.45, 7) is 9.38. The average Bonchev–Trinajstić information content (AvgIpc) is 3.22. The summed E-state index contributed by atoms with van der Waals surface area (Å²) in [6.07, 6.45) is 3.70. The maximum absolute atomic E-state index is 2.47. The Hall–Kier alpha value is -0.950. The first-order chi connectivity index (χ1) is 11.0. The van der Waals surface area contributed by atoms with E-state index in [-0.39, 0.29) is 63.0 Å². The molecule has 1 heteroatoms. The Bertz CT molecular complexity index is 742. The molecule has 1 atom stereocenters. The summed E-state index contributed by atoms with van der Waals surface area (Å²) in [7, 11) is 0. The van der Waals surface area contributed by atoms with Gasteiger partial charge in [-0.2, -0.15) is 24.3 Å². The Kier molecular flexibility index (Phi) is 18.3. The zero-order valence-electron chi connectivity index (χ0n) is 20.4. The number of fused-ring (bicyclic) bond motifs is 2. The molecule has 0 aliphatic heterocycles. The monoisotopic (exact) mass is 559 g/mol. The quantitative estimate of drug-likeness (QED) is 0.218. The molecule has 0 amide bonds. The first-order valence-electron chi connectivity index (χ1n) is 8.88. The van der Waals surface area contributed by atoms with Crippen molar-refractivity contribution in [3.63, 3.8) is 0 Å². The van der Waals surface area contributed by atoms with Crippen LogP contribution in [0.5, 0.6) is 0 Å². The van der Waals surface area contributed by atoms with Crippen molar-refractivity contribution in [2.75, 3.05) is 0 Å². The Morgan fingerprint density at radius 1 is 0.966 bits per heavy atom. The molecule has 0 spiro atoms. The molecule has 1 aliphatic carbocycles. The van der Waals surface area contributed by atoms with E-state index in [1.807, 2.05) is 30.3 Å². The summed E-state index contributed by atoms with van der Waals surface area (Å²) in [6, 6.07) is 19.5. The van der Waals surface area contributed by atoms with E-state index < -0.39 is 0 Å². The van der Waals surface area contributed by atoms with Crippen molar-refractivity contribution in [2.24, 2.45) is 5.41 Å². The van der Waals surface area contributed by atoms with Crippen molar-refractivity contribution < 1.29 is 25.8 Å². The summed E-state index contributed by atoms with van der Waals surface area (Å²) in [5.74, 6) is 0.676. The van der Waals surface area contributed by atoms with Crippen molar-refractivity contribution in [3.05, 3.63) is 108 Å². The third-order valence-electron chi connectivity index (χ3n) is 5.16. The van der Waals surface area contributed by atoms with E-state index in [4.69, 9.17) is 0 Å². The van der Waals surface area contributed by atoms with Crippen molar-refractivity contribution in [1.82, 2.24) is 0 Å². The summed E-state index contributed by atoms with van der Waals surface area (Å²) in [5, 5.41) is 2.95. The molecule has 0 aromatic heterocycles. The second kappa shape index (κ2) is 14.9. The maximum atomic E-state index is 2.47. The van der Waals surface area contributed by atoms with Crippen LogP contribution in [0, 0.1) is 42.5 Å². The molecule has 0 nitrogen and oxygen atoms in total. The molecule has 1 unspecified atom stereocenters. The second-order valence-electron chi connectivity index (χ2n) is 7.79. The van der Waals surface area contributed by atoms with E-state index >= 15 is 0 Å². The minimum absolute atomic E-state index is 0. The second-order valence-corrected chi connectivity index (χ2v) is 7.79. The van der Waals surface area contributed by atoms with Gasteiger partial charge in [-0.05, 0) is 18.3 Å². The SMILES string of the molecule is CCC(C)[c-]1ccc2cc3c(cc21)CC(C)(C)C3.[CH3-].[CH3-].[CH3-].[CH3-].[CH3-].[Hf].c1cc[cH-]c1. The third-order valence-corrected chi connectivity index (χ3v) is 5.16. The van der Waals surface area contributed by atoms with E-state index in [1.54, 1.807) is 16.7 Å². The largest absolute Gasteiger partial charge is 0.358 e. The van der Waals surface area contributed by atoms with Gasteiger partial charge in [0.2, 0.25) is 0 Å². The van der Waals surface area contributed by atoms with E-state index in [1.165, 1.54) is 30.0 Å². The number of rotatable bonds is 2. The van der Waals surface area contributed by atoms with E-state index in [9.17, 15) is 0 Å². The van der Waals surface area contributed by atoms with Gasteiger partial charge >= 0.3 is 0 Å².